The molecule has 0 spiro atoms. The van der Waals surface area contributed by atoms with Crippen molar-refractivity contribution >= 4 is 24.1 Å². The third-order valence-corrected chi connectivity index (χ3v) is 7.62. The summed E-state index contributed by atoms with van der Waals surface area (Å²) in [6, 6.07) is 3.65. The first-order valence-corrected chi connectivity index (χ1v) is 14.6. The highest BCUT2D eigenvalue weighted by Crippen LogP contribution is 2.34. The van der Waals surface area contributed by atoms with E-state index in [-0.39, 0.29) is 30.6 Å². The maximum absolute atomic E-state index is 12.8. The quantitative estimate of drug-likeness (QED) is 0.231. The summed E-state index contributed by atoms with van der Waals surface area (Å²) >= 11 is 0. The molecule has 1 aromatic carbocycles. The lowest BCUT2D eigenvalue weighted by Gasteiger charge is -2.23. The van der Waals surface area contributed by atoms with Gasteiger partial charge >= 0.3 is 24.1 Å². The standard InChI is InChI=1S/C31H47NO9/c1-8-30(4,5)27(34)40-24-16-15-21(18-25(24)41-28(35)31(6,7)9-2)17-23(32)26(33)37-19-20(3)38-29(36)39-22-13-11-10-12-14-22/h15-16,18,20,22-23H,8-14,17,19,32H2,1-7H3/t20-,23-/m0/s1. The molecule has 0 bridgehead atoms. The molecule has 0 heterocycles. The van der Waals surface area contributed by atoms with Crippen molar-refractivity contribution in [2.45, 2.75) is 118 Å². The second-order valence-electron chi connectivity index (χ2n) is 12.0. The number of rotatable bonds is 13. The molecule has 0 radical (unpaired) electrons. The van der Waals surface area contributed by atoms with Crippen LogP contribution in [0.2, 0.25) is 0 Å². The first-order valence-electron chi connectivity index (χ1n) is 14.6. The maximum Gasteiger partial charge on any atom is 0.508 e. The van der Waals surface area contributed by atoms with Crippen LogP contribution in [0.3, 0.4) is 0 Å². The zero-order valence-corrected chi connectivity index (χ0v) is 25.6. The molecule has 10 nitrogen and oxygen atoms in total. The second kappa shape index (κ2) is 15.2. The highest BCUT2D eigenvalue weighted by atomic mass is 16.7. The van der Waals surface area contributed by atoms with Crippen molar-refractivity contribution < 1.29 is 42.9 Å². The van der Waals surface area contributed by atoms with Crippen LogP contribution in [-0.2, 0) is 35.0 Å². The van der Waals surface area contributed by atoms with Crippen molar-refractivity contribution in [2.75, 3.05) is 6.61 Å². The third-order valence-electron chi connectivity index (χ3n) is 7.62. The van der Waals surface area contributed by atoms with Gasteiger partial charge in [-0.3, -0.25) is 14.4 Å². The zero-order valence-electron chi connectivity index (χ0n) is 25.6. The molecule has 1 aromatic rings. The summed E-state index contributed by atoms with van der Waals surface area (Å²) < 4.78 is 27.1. The van der Waals surface area contributed by atoms with E-state index in [2.05, 4.69) is 0 Å². The summed E-state index contributed by atoms with van der Waals surface area (Å²) in [6.07, 6.45) is 4.37. The normalized spacial score (nSPS) is 15.8. The summed E-state index contributed by atoms with van der Waals surface area (Å²) in [5.74, 6) is -1.47. The molecular formula is C31H47NO9. The molecule has 0 amide bonds. The maximum atomic E-state index is 12.8. The van der Waals surface area contributed by atoms with Crippen LogP contribution in [0.15, 0.2) is 18.2 Å². The predicted octanol–water partition coefficient (Wildman–Crippen LogP) is 5.66. The number of hydrogen-bond donors (Lipinski definition) is 1. The molecule has 230 valence electrons. The number of nitrogens with two attached hydrogens (primary N) is 1. The van der Waals surface area contributed by atoms with Crippen LogP contribution in [0.4, 0.5) is 4.79 Å². The summed E-state index contributed by atoms with van der Waals surface area (Å²) in [5, 5.41) is 0. The van der Waals surface area contributed by atoms with Gasteiger partial charge in [0.1, 0.15) is 24.9 Å². The Hall–Kier alpha value is -3.14. The number of carbonyl (C=O) groups is 4. The fourth-order valence-corrected chi connectivity index (χ4v) is 3.80. The van der Waals surface area contributed by atoms with Crippen molar-refractivity contribution in [2.24, 2.45) is 16.6 Å². The Kier molecular flexibility index (Phi) is 12.6. The molecule has 2 atom stereocenters. The molecule has 1 aliphatic carbocycles. The summed E-state index contributed by atoms with van der Waals surface area (Å²) in [4.78, 5) is 50.1. The Bertz CT molecular complexity index is 1060. The molecule has 1 fully saturated rings. The van der Waals surface area contributed by atoms with Crippen LogP contribution in [0.25, 0.3) is 0 Å². The molecule has 1 aliphatic rings. The van der Waals surface area contributed by atoms with Gasteiger partial charge in [-0.25, -0.2) is 4.79 Å². The van der Waals surface area contributed by atoms with E-state index < -0.39 is 47.0 Å². The smallest absolute Gasteiger partial charge is 0.461 e. The lowest BCUT2D eigenvalue weighted by Crippen LogP contribution is -2.36. The highest BCUT2D eigenvalue weighted by Gasteiger charge is 2.32. The number of benzene rings is 1. The molecule has 0 aromatic heterocycles. The Labute approximate surface area is 243 Å². The van der Waals surface area contributed by atoms with Crippen LogP contribution in [0.1, 0.15) is 99.0 Å². The Morgan fingerprint density at radius 1 is 0.902 bits per heavy atom. The van der Waals surface area contributed by atoms with Gasteiger partial charge in [0.2, 0.25) is 0 Å². The summed E-state index contributed by atoms with van der Waals surface area (Å²) in [6.45, 7) is 12.2. The lowest BCUT2D eigenvalue weighted by atomic mass is 9.90. The minimum absolute atomic E-state index is 0.0633. The molecule has 2 rings (SSSR count). The van der Waals surface area contributed by atoms with Crippen LogP contribution >= 0.6 is 0 Å². The summed E-state index contributed by atoms with van der Waals surface area (Å²) in [7, 11) is 0. The largest absolute Gasteiger partial charge is 0.508 e. The minimum Gasteiger partial charge on any atom is -0.461 e. The molecule has 0 aliphatic heterocycles. The van der Waals surface area contributed by atoms with E-state index in [1.54, 1.807) is 40.7 Å². The van der Waals surface area contributed by atoms with Gasteiger partial charge in [-0.15, -0.1) is 0 Å². The Balaban J connectivity index is 2.03. The van der Waals surface area contributed by atoms with Gasteiger partial charge in [0.15, 0.2) is 11.5 Å². The molecule has 0 unspecified atom stereocenters. The molecule has 2 N–H and O–H groups in total. The van der Waals surface area contributed by atoms with E-state index in [1.807, 2.05) is 13.8 Å². The van der Waals surface area contributed by atoms with E-state index in [4.69, 9.17) is 29.4 Å². The van der Waals surface area contributed by atoms with Crippen molar-refractivity contribution in [1.29, 1.82) is 0 Å². The predicted molar refractivity (Wildman–Crippen MR) is 152 cm³/mol. The van der Waals surface area contributed by atoms with Gasteiger partial charge in [0.05, 0.1) is 10.8 Å². The number of carbonyl (C=O) groups excluding carboxylic acids is 4. The van der Waals surface area contributed by atoms with Gasteiger partial charge in [-0.1, -0.05) is 26.3 Å². The fraction of sp³-hybridized carbons (Fsp3) is 0.677. The first-order chi connectivity index (χ1) is 19.2. The minimum atomic E-state index is -1.04. The van der Waals surface area contributed by atoms with Gasteiger partial charge in [-0.2, -0.15) is 0 Å². The monoisotopic (exact) mass is 577 g/mol. The molecule has 41 heavy (non-hydrogen) atoms. The topological polar surface area (TPSA) is 140 Å². The molecule has 0 saturated heterocycles. The molecular weight excluding hydrogens is 530 g/mol. The van der Waals surface area contributed by atoms with Gasteiger partial charge in [-0.05, 0) is 97.3 Å². The van der Waals surface area contributed by atoms with Crippen molar-refractivity contribution in [1.82, 2.24) is 0 Å². The van der Waals surface area contributed by atoms with Crippen molar-refractivity contribution in [3.05, 3.63) is 23.8 Å². The highest BCUT2D eigenvalue weighted by molar-refractivity contribution is 5.81. The van der Waals surface area contributed by atoms with E-state index in [0.717, 1.165) is 32.1 Å². The van der Waals surface area contributed by atoms with Gasteiger partial charge < -0.3 is 29.4 Å². The van der Waals surface area contributed by atoms with Crippen molar-refractivity contribution in [3.8, 4) is 11.5 Å². The van der Waals surface area contributed by atoms with Crippen LogP contribution in [0.5, 0.6) is 11.5 Å². The van der Waals surface area contributed by atoms with Crippen molar-refractivity contribution in [3.63, 3.8) is 0 Å². The van der Waals surface area contributed by atoms with E-state index in [0.29, 0.717) is 18.4 Å². The van der Waals surface area contributed by atoms with Crippen LogP contribution in [0, 0.1) is 10.8 Å². The Morgan fingerprint density at radius 2 is 1.46 bits per heavy atom. The second-order valence-corrected chi connectivity index (χ2v) is 12.0. The SMILES string of the molecule is CCC(C)(C)C(=O)Oc1ccc(C[C@H](N)C(=O)OC[C@H](C)OC(=O)OC2CCCCC2)cc1OC(=O)C(C)(C)CC. The number of esters is 3. The van der Waals surface area contributed by atoms with Gasteiger partial charge in [0.25, 0.3) is 0 Å². The number of hydrogen-bond acceptors (Lipinski definition) is 10. The van der Waals surface area contributed by atoms with Crippen LogP contribution in [-0.4, -0.2) is 48.9 Å². The fourth-order valence-electron chi connectivity index (χ4n) is 3.80. The zero-order chi connectivity index (χ0) is 30.8. The number of ether oxygens (including phenoxy) is 5. The summed E-state index contributed by atoms with van der Waals surface area (Å²) in [5.41, 5.74) is 5.17. The molecule has 10 heteroatoms. The lowest BCUT2D eigenvalue weighted by molar-refractivity contribution is -0.148. The molecule has 1 saturated carbocycles. The van der Waals surface area contributed by atoms with Gasteiger partial charge in [0, 0.05) is 0 Å². The Morgan fingerprint density at radius 3 is 2.02 bits per heavy atom. The third kappa shape index (κ3) is 10.6. The van der Waals surface area contributed by atoms with E-state index in [1.165, 1.54) is 12.1 Å². The first kappa shape index (κ1) is 34.1. The average molecular weight is 578 g/mol. The van der Waals surface area contributed by atoms with E-state index >= 15 is 0 Å². The van der Waals surface area contributed by atoms with E-state index in [9.17, 15) is 19.2 Å². The van der Waals surface area contributed by atoms with Crippen LogP contribution < -0.4 is 15.2 Å². The average Bonchev–Trinajstić information content (AvgIpc) is 2.93.